The van der Waals surface area contributed by atoms with E-state index in [1.165, 1.54) is 11.3 Å². The molecular formula is C8H10BrN3OS. The lowest BCUT2D eigenvalue weighted by atomic mass is 10.1. The summed E-state index contributed by atoms with van der Waals surface area (Å²) >= 11 is 4.75. The van der Waals surface area contributed by atoms with E-state index in [0.29, 0.717) is 0 Å². The number of anilines is 1. The number of hydrogen-bond donors (Lipinski definition) is 1. The fraction of sp³-hybridized carbons (Fsp3) is 0.500. The van der Waals surface area contributed by atoms with Crippen LogP contribution in [0.4, 0.5) is 5.13 Å². The molecule has 6 heteroatoms. The number of hydrogen-bond acceptors (Lipinski definition) is 5. The SMILES string of the molecule is Brc1nnc(NCC2CCC=CO2)s1. The Morgan fingerprint density at radius 1 is 1.64 bits per heavy atom. The minimum Gasteiger partial charge on any atom is -0.497 e. The molecule has 0 aliphatic carbocycles. The van der Waals surface area contributed by atoms with Gasteiger partial charge in [0.1, 0.15) is 6.10 Å². The third-order valence-electron chi connectivity index (χ3n) is 1.90. The Labute approximate surface area is 94.5 Å². The Kier molecular flexibility index (Phi) is 3.36. The third-order valence-corrected chi connectivity index (χ3v) is 3.22. The number of aromatic nitrogens is 2. The number of halogens is 1. The molecule has 0 spiro atoms. The molecule has 0 bridgehead atoms. The molecule has 0 fully saturated rings. The molecule has 0 saturated carbocycles. The monoisotopic (exact) mass is 275 g/mol. The lowest BCUT2D eigenvalue weighted by molar-refractivity contribution is 0.135. The molecule has 4 nitrogen and oxygen atoms in total. The predicted molar refractivity (Wildman–Crippen MR) is 59.3 cm³/mol. The molecule has 14 heavy (non-hydrogen) atoms. The summed E-state index contributed by atoms with van der Waals surface area (Å²) < 4.78 is 6.20. The van der Waals surface area contributed by atoms with Crippen molar-refractivity contribution in [2.75, 3.05) is 11.9 Å². The molecule has 0 saturated heterocycles. The molecule has 1 unspecified atom stereocenters. The van der Waals surface area contributed by atoms with Crippen molar-refractivity contribution in [1.82, 2.24) is 10.2 Å². The Balaban J connectivity index is 1.79. The van der Waals surface area contributed by atoms with Crippen molar-refractivity contribution in [2.24, 2.45) is 0 Å². The second kappa shape index (κ2) is 4.75. The van der Waals surface area contributed by atoms with Crippen molar-refractivity contribution < 1.29 is 4.74 Å². The fourth-order valence-corrected chi connectivity index (χ4v) is 2.23. The van der Waals surface area contributed by atoms with Gasteiger partial charge >= 0.3 is 0 Å². The summed E-state index contributed by atoms with van der Waals surface area (Å²) in [6.07, 6.45) is 6.21. The lowest BCUT2D eigenvalue weighted by Gasteiger charge is -2.19. The fourth-order valence-electron chi connectivity index (χ4n) is 1.21. The van der Waals surface area contributed by atoms with Gasteiger partial charge < -0.3 is 10.1 Å². The van der Waals surface area contributed by atoms with Crippen molar-refractivity contribution in [2.45, 2.75) is 18.9 Å². The Bertz CT molecular complexity index is 328. The number of nitrogens with one attached hydrogen (secondary N) is 1. The molecular weight excluding hydrogens is 266 g/mol. The maximum atomic E-state index is 5.41. The summed E-state index contributed by atoms with van der Waals surface area (Å²) in [5, 5.41) is 11.8. The van der Waals surface area contributed by atoms with Crippen molar-refractivity contribution in [3.63, 3.8) is 0 Å². The van der Waals surface area contributed by atoms with Gasteiger partial charge in [0.05, 0.1) is 12.8 Å². The first kappa shape index (κ1) is 9.92. The highest BCUT2D eigenvalue weighted by Crippen LogP contribution is 2.20. The molecule has 0 aromatic carbocycles. The average Bonchev–Trinajstić information content (AvgIpc) is 2.63. The van der Waals surface area contributed by atoms with Gasteiger partial charge in [0, 0.05) is 0 Å². The highest BCUT2D eigenvalue weighted by Gasteiger charge is 2.11. The van der Waals surface area contributed by atoms with Crippen LogP contribution in [0.2, 0.25) is 0 Å². The number of nitrogens with zero attached hydrogens (tertiary/aromatic N) is 2. The van der Waals surface area contributed by atoms with Gasteiger partial charge in [-0.3, -0.25) is 0 Å². The summed E-state index contributed by atoms with van der Waals surface area (Å²) in [4.78, 5) is 0. The first-order chi connectivity index (χ1) is 6.84. The van der Waals surface area contributed by atoms with E-state index in [9.17, 15) is 0 Å². The normalized spacial score (nSPS) is 20.5. The maximum absolute atomic E-state index is 5.41. The molecule has 1 N–H and O–H groups in total. The van der Waals surface area contributed by atoms with Gasteiger partial charge in [-0.1, -0.05) is 11.3 Å². The van der Waals surface area contributed by atoms with Crippen LogP contribution in [0, 0.1) is 0 Å². The van der Waals surface area contributed by atoms with E-state index >= 15 is 0 Å². The zero-order valence-corrected chi connectivity index (χ0v) is 9.84. The molecule has 76 valence electrons. The minimum absolute atomic E-state index is 0.252. The van der Waals surface area contributed by atoms with Crippen LogP contribution in [0.25, 0.3) is 0 Å². The van der Waals surface area contributed by atoms with Gasteiger partial charge in [0.25, 0.3) is 0 Å². The van der Waals surface area contributed by atoms with Crippen LogP contribution in [-0.2, 0) is 4.74 Å². The standard InChI is InChI=1S/C8H10BrN3OS/c9-7-11-12-8(14-7)10-5-6-3-1-2-4-13-6/h2,4,6H,1,3,5H2,(H,10,12). The lowest BCUT2D eigenvalue weighted by Crippen LogP contribution is -2.22. The number of allylic oxidation sites excluding steroid dienone is 1. The molecule has 1 aromatic rings. The van der Waals surface area contributed by atoms with Gasteiger partial charge in [-0.25, -0.2) is 0 Å². The smallest absolute Gasteiger partial charge is 0.206 e. The Hall–Kier alpha value is -0.620. The molecule has 0 radical (unpaired) electrons. The molecule has 1 atom stereocenters. The largest absolute Gasteiger partial charge is 0.497 e. The van der Waals surface area contributed by atoms with E-state index in [1.807, 2.05) is 6.08 Å². The molecule has 1 aliphatic heterocycles. The van der Waals surface area contributed by atoms with Crippen molar-refractivity contribution in [1.29, 1.82) is 0 Å². The zero-order valence-electron chi connectivity index (χ0n) is 7.44. The molecule has 0 amide bonds. The summed E-state index contributed by atoms with van der Waals surface area (Å²) in [5.74, 6) is 0. The summed E-state index contributed by atoms with van der Waals surface area (Å²) in [7, 11) is 0. The summed E-state index contributed by atoms with van der Waals surface area (Å²) in [6, 6.07) is 0. The molecule has 1 aromatic heterocycles. The minimum atomic E-state index is 0.252. The number of rotatable bonds is 3. The Morgan fingerprint density at radius 2 is 2.57 bits per heavy atom. The van der Waals surface area contributed by atoms with E-state index in [1.54, 1.807) is 6.26 Å². The zero-order chi connectivity index (χ0) is 9.80. The van der Waals surface area contributed by atoms with Crippen LogP contribution in [0.15, 0.2) is 16.3 Å². The molecule has 2 rings (SSSR count). The van der Waals surface area contributed by atoms with E-state index in [-0.39, 0.29) is 6.10 Å². The van der Waals surface area contributed by atoms with E-state index in [4.69, 9.17) is 4.74 Å². The highest BCUT2D eigenvalue weighted by molar-refractivity contribution is 9.11. The topological polar surface area (TPSA) is 47.0 Å². The van der Waals surface area contributed by atoms with Gasteiger partial charge in [-0.05, 0) is 34.8 Å². The van der Waals surface area contributed by atoms with Crippen LogP contribution in [0.1, 0.15) is 12.8 Å². The van der Waals surface area contributed by atoms with Gasteiger partial charge in [-0.15, -0.1) is 10.2 Å². The maximum Gasteiger partial charge on any atom is 0.206 e. The van der Waals surface area contributed by atoms with Gasteiger partial charge in [-0.2, -0.15) is 0 Å². The van der Waals surface area contributed by atoms with Crippen LogP contribution >= 0.6 is 27.3 Å². The third kappa shape index (κ3) is 2.68. The first-order valence-electron chi connectivity index (χ1n) is 4.38. The highest BCUT2D eigenvalue weighted by atomic mass is 79.9. The quantitative estimate of drug-likeness (QED) is 0.921. The van der Waals surface area contributed by atoms with Crippen molar-refractivity contribution in [3.05, 3.63) is 16.3 Å². The summed E-state index contributed by atoms with van der Waals surface area (Å²) in [5.41, 5.74) is 0. The van der Waals surface area contributed by atoms with Crippen molar-refractivity contribution >= 4 is 32.4 Å². The van der Waals surface area contributed by atoms with Gasteiger partial charge in [0.2, 0.25) is 5.13 Å². The predicted octanol–water partition coefficient (Wildman–Crippen LogP) is 2.41. The van der Waals surface area contributed by atoms with Crippen LogP contribution in [0.5, 0.6) is 0 Å². The first-order valence-corrected chi connectivity index (χ1v) is 5.99. The van der Waals surface area contributed by atoms with Crippen LogP contribution in [0.3, 0.4) is 0 Å². The van der Waals surface area contributed by atoms with E-state index in [0.717, 1.165) is 28.4 Å². The van der Waals surface area contributed by atoms with E-state index < -0.39 is 0 Å². The van der Waals surface area contributed by atoms with Crippen LogP contribution < -0.4 is 5.32 Å². The van der Waals surface area contributed by atoms with Crippen molar-refractivity contribution in [3.8, 4) is 0 Å². The Morgan fingerprint density at radius 3 is 3.21 bits per heavy atom. The molecule has 1 aliphatic rings. The number of ether oxygens (including phenoxy) is 1. The average molecular weight is 276 g/mol. The summed E-state index contributed by atoms with van der Waals surface area (Å²) in [6.45, 7) is 0.784. The van der Waals surface area contributed by atoms with Crippen LogP contribution in [-0.4, -0.2) is 22.8 Å². The second-order valence-corrected chi connectivity index (χ2v) is 5.20. The second-order valence-electron chi connectivity index (χ2n) is 2.95. The van der Waals surface area contributed by atoms with Gasteiger partial charge in [0.15, 0.2) is 3.92 Å². The van der Waals surface area contributed by atoms with E-state index in [2.05, 4.69) is 31.4 Å². The molecule has 2 heterocycles.